The molecule has 2 amide bonds. The van der Waals surface area contributed by atoms with Crippen LogP contribution >= 0.6 is 0 Å². The Morgan fingerprint density at radius 3 is 2.70 bits per heavy atom. The first-order valence-corrected chi connectivity index (χ1v) is 9.74. The predicted octanol–water partition coefficient (Wildman–Crippen LogP) is 2.22. The zero-order valence-corrected chi connectivity index (χ0v) is 16.4. The minimum Gasteiger partial charge on any atom is -0.354 e. The number of piperidine rings is 1. The van der Waals surface area contributed by atoms with Gasteiger partial charge in [-0.2, -0.15) is 0 Å². The summed E-state index contributed by atoms with van der Waals surface area (Å²) in [6.07, 6.45) is 4.32. The van der Waals surface area contributed by atoms with Gasteiger partial charge in [-0.25, -0.2) is 0 Å². The van der Waals surface area contributed by atoms with E-state index in [2.05, 4.69) is 11.4 Å². The van der Waals surface area contributed by atoms with Crippen molar-refractivity contribution in [2.24, 2.45) is 5.92 Å². The monoisotopic (exact) mass is 371 g/mol. The van der Waals surface area contributed by atoms with E-state index in [1.54, 1.807) is 12.1 Å². The molecular formula is C21H29N3O3. The van der Waals surface area contributed by atoms with E-state index in [-0.39, 0.29) is 35.3 Å². The topological polar surface area (TPSA) is 71.4 Å². The van der Waals surface area contributed by atoms with Crippen molar-refractivity contribution in [3.05, 3.63) is 45.9 Å². The lowest BCUT2D eigenvalue weighted by Crippen LogP contribution is -2.53. The highest BCUT2D eigenvalue weighted by Gasteiger charge is 2.41. The van der Waals surface area contributed by atoms with E-state index in [9.17, 15) is 14.4 Å². The van der Waals surface area contributed by atoms with Gasteiger partial charge in [-0.1, -0.05) is 17.7 Å². The van der Waals surface area contributed by atoms with Crippen LogP contribution in [0, 0.1) is 5.92 Å². The van der Waals surface area contributed by atoms with Crippen molar-refractivity contribution in [1.82, 2.24) is 14.8 Å². The molecule has 2 aliphatic rings. The Morgan fingerprint density at radius 2 is 2.00 bits per heavy atom. The molecule has 6 heteroatoms. The van der Waals surface area contributed by atoms with E-state index in [0.29, 0.717) is 26.1 Å². The third kappa shape index (κ3) is 4.31. The smallest absolute Gasteiger partial charge is 0.251 e. The molecule has 0 aliphatic carbocycles. The molecule has 0 saturated carbocycles. The maximum atomic E-state index is 12.7. The van der Waals surface area contributed by atoms with Gasteiger partial charge in [-0.3, -0.25) is 14.4 Å². The van der Waals surface area contributed by atoms with E-state index in [1.807, 2.05) is 29.4 Å². The van der Waals surface area contributed by atoms with Crippen molar-refractivity contribution in [3.8, 4) is 0 Å². The number of pyridine rings is 1. The highest BCUT2D eigenvalue weighted by Crippen LogP contribution is 2.40. The summed E-state index contributed by atoms with van der Waals surface area (Å²) in [7, 11) is 0. The second kappa shape index (κ2) is 8.11. The first-order valence-electron chi connectivity index (χ1n) is 9.74. The number of likely N-dealkylation sites (tertiary alicyclic amines) is 1. The first kappa shape index (κ1) is 19.4. The quantitative estimate of drug-likeness (QED) is 0.807. The van der Waals surface area contributed by atoms with E-state index in [0.717, 1.165) is 18.5 Å². The third-order valence-electron chi connectivity index (χ3n) is 5.62. The molecule has 1 saturated heterocycles. The van der Waals surface area contributed by atoms with Crippen molar-refractivity contribution in [2.75, 3.05) is 19.6 Å². The highest BCUT2D eigenvalue weighted by molar-refractivity contribution is 5.76. The number of hydrogen-bond acceptors (Lipinski definition) is 3. The van der Waals surface area contributed by atoms with Crippen LogP contribution in [-0.4, -0.2) is 40.9 Å². The predicted molar refractivity (Wildman–Crippen MR) is 105 cm³/mol. The van der Waals surface area contributed by atoms with Crippen LogP contribution in [0.25, 0.3) is 0 Å². The average molecular weight is 371 g/mol. The van der Waals surface area contributed by atoms with Crippen molar-refractivity contribution in [3.63, 3.8) is 0 Å². The van der Waals surface area contributed by atoms with Crippen LogP contribution in [0.2, 0.25) is 0 Å². The van der Waals surface area contributed by atoms with Crippen LogP contribution in [0.3, 0.4) is 0 Å². The van der Waals surface area contributed by atoms with Gasteiger partial charge in [-0.15, -0.1) is 0 Å². The van der Waals surface area contributed by atoms with Crippen molar-refractivity contribution >= 4 is 11.8 Å². The van der Waals surface area contributed by atoms with Crippen LogP contribution in [-0.2, 0) is 9.59 Å². The zero-order chi connectivity index (χ0) is 19.6. The summed E-state index contributed by atoms with van der Waals surface area (Å²) in [5.41, 5.74) is 2.18. The highest BCUT2D eigenvalue weighted by atomic mass is 16.2. The summed E-state index contributed by atoms with van der Waals surface area (Å²) < 4.78 is 1.85. The number of carbonyl (C=O) groups excluding carboxylic acids is 2. The minimum atomic E-state index is -0.109. The Bertz CT molecular complexity index is 807. The molecule has 146 valence electrons. The van der Waals surface area contributed by atoms with Crippen molar-refractivity contribution < 1.29 is 9.59 Å². The first-order chi connectivity index (χ1) is 12.9. The number of carbonyl (C=O) groups is 2. The lowest BCUT2D eigenvalue weighted by atomic mass is 9.78. The van der Waals surface area contributed by atoms with Crippen LogP contribution < -0.4 is 10.9 Å². The lowest BCUT2D eigenvalue weighted by molar-refractivity contribution is -0.134. The molecule has 3 rings (SSSR count). The third-order valence-corrected chi connectivity index (χ3v) is 5.62. The Hall–Kier alpha value is -2.37. The summed E-state index contributed by atoms with van der Waals surface area (Å²) in [6.45, 7) is 7.30. The largest absolute Gasteiger partial charge is 0.354 e. The molecule has 2 bridgehead atoms. The van der Waals surface area contributed by atoms with Gasteiger partial charge in [0.05, 0.1) is 6.04 Å². The Balaban J connectivity index is 1.83. The van der Waals surface area contributed by atoms with Gasteiger partial charge < -0.3 is 14.8 Å². The number of hydrogen-bond donors (Lipinski definition) is 1. The number of nitrogens with one attached hydrogen (secondary N) is 1. The molecule has 1 fully saturated rings. The lowest BCUT2D eigenvalue weighted by Gasteiger charge is -2.47. The second-order valence-corrected chi connectivity index (χ2v) is 7.97. The summed E-state index contributed by atoms with van der Waals surface area (Å²) in [6, 6.07) is 5.25. The fraction of sp³-hybridized carbons (Fsp3) is 0.571. The Morgan fingerprint density at radius 1 is 1.22 bits per heavy atom. The van der Waals surface area contributed by atoms with Gasteiger partial charge >= 0.3 is 0 Å². The van der Waals surface area contributed by atoms with Gasteiger partial charge in [0.1, 0.15) is 0 Å². The molecule has 0 aromatic carbocycles. The Kier molecular flexibility index (Phi) is 5.82. The summed E-state index contributed by atoms with van der Waals surface area (Å²) in [5.74, 6) is 0.426. The summed E-state index contributed by atoms with van der Waals surface area (Å²) >= 11 is 0. The fourth-order valence-electron chi connectivity index (χ4n) is 4.40. The molecule has 1 N–H and O–H groups in total. The van der Waals surface area contributed by atoms with Gasteiger partial charge in [-0.05, 0) is 38.7 Å². The molecule has 3 atom stereocenters. The standard InChI is InChI=1S/C21H29N3O3/c1-14(2)6-4-8-20(26)23-12-16-10-17(13-23)19(11-22-15(3)25)24-18(16)7-5-9-21(24)27/h5-7,9,16-17,19H,4,8,10-13H2,1-3H3,(H,22,25)/t16-,17+,19+/m1/s1. The maximum Gasteiger partial charge on any atom is 0.251 e. The molecule has 0 spiro atoms. The molecule has 0 radical (unpaired) electrons. The molecule has 2 aliphatic heterocycles. The number of rotatable bonds is 5. The van der Waals surface area contributed by atoms with Crippen LogP contribution in [0.4, 0.5) is 0 Å². The number of allylic oxidation sites excluding steroid dienone is 2. The summed E-state index contributed by atoms with van der Waals surface area (Å²) in [5, 5.41) is 2.87. The number of nitrogens with zero attached hydrogens (tertiary/aromatic N) is 2. The molecule has 0 unspecified atom stereocenters. The molecule has 1 aromatic rings. The Labute approximate surface area is 160 Å². The van der Waals surface area contributed by atoms with Crippen molar-refractivity contribution in [1.29, 1.82) is 0 Å². The second-order valence-electron chi connectivity index (χ2n) is 7.97. The fourth-order valence-corrected chi connectivity index (χ4v) is 4.40. The van der Waals surface area contributed by atoms with Gasteiger partial charge in [0.15, 0.2) is 0 Å². The van der Waals surface area contributed by atoms with Crippen LogP contribution in [0.1, 0.15) is 57.7 Å². The SMILES string of the molecule is CC(=O)NC[C@H]1[C@H]2C[C@H](CN(C(=O)CCC=C(C)C)C2)c2cccc(=O)n21. The normalized spacial score (nSPS) is 23.4. The molecular weight excluding hydrogens is 342 g/mol. The van der Waals surface area contributed by atoms with Gasteiger partial charge in [0.2, 0.25) is 11.8 Å². The number of fused-ring (bicyclic) bond motifs is 4. The van der Waals surface area contributed by atoms with Gasteiger partial charge in [0.25, 0.3) is 5.56 Å². The number of amides is 2. The van der Waals surface area contributed by atoms with Crippen LogP contribution in [0.15, 0.2) is 34.6 Å². The van der Waals surface area contributed by atoms with Gasteiger partial charge in [0, 0.05) is 50.7 Å². The minimum absolute atomic E-state index is 0.0270. The number of aromatic nitrogens is 1. The molecule has 1 aromatic heterocycles. The van der Waals surface area contributed by atoms with E-state index in [4.69, 9.17) is 0 Å². The zero-order valence-electron chi connectivity index (χ0n) is 16.4. The maximum absolute atomic E-state index is 12.7. The molecule has 3 heterocycles. The van der Waals surface area contributed by atoms with Crippen LogP contribution in [0.5, 0.6) is 0 Å². The van der Waals surface area contributed by atoms with Crippen molar-refractivity contribution in [2.45, 2.75) is 52.0 Å². The summed E-state index contributed by atoms with van der Waals surface area (Å²) in [4.78, 5) is 38.6. The van der Waals surface area contributed by atoms with E-state index >= 15 is 0 Å². The van der Waals surface area contributed by atoms with E-state index in [1.165, 1.54) is 12.5 Å². The molecule has 27 heavy (non-hydrogen) atoms. The van der Waals surface area contributed by atoms with E-state index < -0.39 is 0 Å². The molecule has 6 nitrogen and oxygen atoms in total. The average Bonchev–Trinajstić information content (AvgIpc) is 2.61.